The van der Waals surface area contributed by atoms with Gasteiger partial charge >= 0.3 is 0 Å². The second-order valence-electron chi connectivity index (χ2n) is 4.47. The molecule has 1 aliphatic rings. The summed E-state index contributed by atoms with van der Waals surface area (Å²) in [5.74, 6) is 0.810. The number of carbonyl (C=O) groups is 1. The van der Waals surface area contributed by atoms with Gasteiger partial charge in [0.2, 0.25) is 5.91 Å². The van der Waals surface area contributed by atoms with Crippen LogP contribution in [0.1, 0.15) is 12.0 Å². The lowest BCUT2D eigenvalue weighted by Gasteiger charge is -2.26. The van der Waals surface area contributed by atoms with Crippen LogP contribution in [0.3, 0.4) is 0 Å². The van der Waals surface area contributed by atoms with Crippen LogP contribution < -0.4 is 10.1 Å². The highest BCUT2D eigenvalue weighted by atomic mass is 16.5. The molecule has 1 amide bonds. The molecular formula is C14H17N3O2. The van der Waals surface area contributed by atoms with Crippen LogP contribution in [0.2, 0.25) is 0 Å². The van der Waals surface area contributed by atoms with Crippen molar-refractivity contribution < 1.29 is 9.53 Å². The summed E-state index contributed by atoms with van der Waals surface area (Å²) in [6.07, 6.45) is 0.865. The predicted molar refractivity (Wildman–Crippen MR) is 70.7 cm³/mol. The SMILES string of the molecule is N#Cc1cccc(OCCCN2CCNC(=O)C2)c1. The summed E-state index contributed by atoms with van der Waals surface area (Å²) in [6.45, 7) is 3.54. The number of rotatable bonds is 5. The van der Waals surface area contributed by atoms with Gasteiger partial charge in [0.05, 0.1) is 24.8 Å². The van der Waals surface area contributed by atoms with Crippen molar-refractivity contribution in [1.82, 2.24) is 10.2 Å². The molecule has 2 rings (SSSR count). The minimum absolute atomic E-state index is 0.0916. The van der Waals surface area contributed by atoms with E-state index in [1.54, 1.807) is 12.1 Å². The molecule has 5 nitrogen and oxygen atoms in total. The standard InChI is InChI=1S/C14H17N3O2/c15-10-12-3-1-4-13(9-12)19-8-2-6-17-7-5-16-14(18)11-17/h1,3-4,9H,2,5-8,11H2,(H,16,18). The fraction of sp³-hybridized carbons (Fsp3) is 0.429. The topological polar surface area (TPSA) is 65.4 Å². The van der Waals surface area contributed by atoms with Gasteiger partial charge in [-0.25, -0.2) is 0 Å². The minimum atomic E-state index is 0.0916. The first-order chi connectivity index (χ1) is 9.28. The highest BCUT2D eigenvalue weighted by Gasteiger charge is 2.14. The Bertz CT molecular complexity index is 482. The number of amides is 1. The Kier molecular flexibility index (Phi) is 4.76. The third-order valence-corrected chi connectivity index (χ3v) is 2.97. The van der Waals surface area contributed by atoms with Gasteiger partial charge in [-0.05, 0) is 24.6 Å². The van der Waals surface area contributed by atoms with Crippen molar-refractivity contribution in [2.75, 3.05) is 32.8 Å². The van der Waals surface area contributed by atoms with Crippen molar-refractivity contribution in [3.63, 3.8) is 0 Å². The predicted octanol–water partition coefficient (Wildman–Crippen LogP) is 0.759. The Morgan fingerprint density at radius 2 is 2.37 bits per heavy atom. The van der Waals surface area contributed by atoms with Crippen LogP contribution in [0, 0.1) is 11.3 Å². The van der Waals surface area contributed by atoms with Crippen LogP contribution in [-0.4, -0.2) is 43.6 Å². The molecule has 0 unspecified atom stereocenters. The summed E-state index contributed by atoms with van der Waals surface area (Å²) in [4.78, 5) is 13.3. The van der Waals surface area contributed by atoms with Gasteiger partial charge in [0, 0.05) is 19.6 Å². The molecule has 0 atom stereocenters. The number of carbonyl (C=O) groups excluding carboxylic acids is 1. The largest absolute Gasteiger partial charge is 0.494 e. The molecule has 1 N–H and O–H groups in total. The van der Waals surface area contributed by atoms with Crippen molar-refractivity contribution in [3.05, 3.63) is 29.8 Å². The van der Waals surface area contributed by atoms with E-state index in [-0.39, 0.29) is 5.91 Å². The second-order valence-corrected chi connectivity index (χ2v) is 4.47. The Labute approximate surface area is 112 Å². The maximum atomic E-state index is 11.2. The fourth-order valence-corrected chi connectivity index (χ4v) is 2.02. The van der Waals surface area contributed by atoms with Crippen molar-refractivity contribution >= 4 is 5.91 Å². The molecule has 0 radical (unpaired) electrons. The molecule has 5 heteroatoms. The van der Waals surface area contributed by atoms with E-state index >= 15 is 0 Å². The quantitative estimate of drug-likeness (QED) is 0.793. The Morgan fingerprint density at radius 3 is 3.16 bits per heavy atom. The van der Waals surface area contributed by atoms with Crippen LogP contribution in [0.4, 0.5) is 0 Å². The van der Waals surface area contributed by atoms with Crippen LogP contribution in [0.25, 0.3) is 0 Å². The maximum absolute atomic E-state index is 11.2. The first-order valence-electron chi connectivity index (χ1n) is 6.40. The average Bonchev–Trinajstić information content (AvgIpc) is 2.44. The minimum Gasteiger partial charge on any atom is -0.494 e. The van der Waals surface area contributed by atoms with Crippen LogP contribution >= 0.6 is 0 Å². The van der Waals surface area contributed by atoms with Crippen molar-refractivity contribution in [2.24, 2.45) is 0 Å². The zero-order valence-electron chi connectivity index (χ0n) is 10.8. The number of hydrogen-bond acceptors (Lipinski definition) is 4. The summed E-state index contributed by atoms with van der Waals surface area (Å²) >= 11 is 0. The molecule has 100 valence electrons. The summed E-state index contributed by atoms with van der Waals surface area (Å²) in [5, 5.41) is 11.6. The van der Waals surface area contributed by atoms with E-state index in [1.165, 1.54) is 0 Å². The normalized spacial score (nSPS) is 15.6. The Morgan fingerprint density at radius 1 is 1.47 bits per heavy atom. The summed E-state index contributed by atoms with van der Waals surface area (Å²) in [6, 6.07) is 9.21. The first kappa shape index (κ1) is 13.4. The number of ether oxygens (including phenoxy) is 1. The molecule has 0 aromatic heterocycles. The van der Waals surface area contributed by atoms with Gasteiger partial charge in [-0.15, -0.1) is 0 Å². The van der Waals surface area contributed by atoms with E-state index in [9.17, 15) is 4.79 Å². The lowest BCUT2D eigenvalue weighted by atomic mass is 10.2. The van der Waals surface area contributed by atoms with Gasteiger partial charge in [0.25, 0.3) is 0 Å². The van der Waals surface area contributed by atoms with Gasteiger partial charge in [-0.1, -0.05) is 6.07 Å². The van der Waals surface area contributed by atoms with Crippen molar-refractivity contribution in [2.45, 2.75) is 6.42 Å². The third kappa shape index (κ3) is 4.27. The van der Waals surface area contributed by atoms with E-state index in [2.05, 4.69) is 16.3 Å². The maximum Gasteiger partial charge on any atom is 0.234 e. The monoisotopic (exact) mass is 259 g/mol. The molecule has 1 heterocycles. The van der Waals surface area contributed by atoms with Gasteiger partial charge in [0.1, 0.15) is 5.75 Å². The lowest BCUT2D eigenvalue weighted by Crippen LogP contribution is -2.47. The highest BCUT2D eigenvalue weighted by molar-refractivity contribution is 5.78. The number of nitriles is 1. The van der Waals surface area contributed by atoms with E-state index in [1.807, 2.05) is 12.1 Å². The Balaban J connectivity index is 1.69. The van der Waals surface area contributed by atoms with Gasteiger partial charge in [-0.3, -0.25) is 9.69 Å². The van der Waals surface area contributed by atoms with Crippen LogP contribution in [0.15, 0.2) is 24.3 Å². The Hall–Kier alpha value is -2.06. The number of nitrogens with one attached hydrogen (secondary N) is 1. The van der Waals surface area contributed by atoms with E-state index in [4.69, 9.17) is 10.00 Å². The fourth-order valence-electron chi connectivity index (χ4n) is 2.02. The lowest BCUT2D eigenvalue weighted by molar-refractivity contribution is -0.124. The molecule has 1 saturated heterocycles. The number of hydrogen-bond donors (Lipinski definition) is 1. The molecule has 0 aliphatic carbocycles. The summed E-state index contributed by atoms with van der Waals surface area (Å²) < 4.78 is 5.59. The third-order valence-electron chi connectivity index (χ3n) is 2.97. The van der Waals surface area contributed by atoms with Crippen molar-refractivity contribution in [3.8, 4) is 11.8 Å². The van der Waals surface area contributed by atoms with Gasteiger partial charge in [0.15, 0.2) is 0 Å². The molecule has 19 heavy (non-hydrogen) atoms. The van der Waals surface area contributed by atoms with Crippen LogP contribution in [0.5, 0.6) is 5.75 Å². The molecule has 1 aromatic carbocycles. The van der Waals surface area contributed by atoms with Gasteiger partial charge in [-0.2, -0.15) is 5.26 Å². The molecule has 1 fully saturated rings. The van der Waals surface area contributed by atoms with Crippen molar-refractivity contribution in [1.29, 1.82) is 5.26 Å². The average molecular weight is 259 g/mol. The highest BCUT2D eigenvalue weighted by Crippen LogP contribution is 2.12. The molecule has 1 aromatic rings. The zero-order valence-corrected chi connectivity index (χ0v) is 10.8. The van der Waals surface area contributed by atoms with E-state index < -0.39 is 0 Å². The summed E-state index contributed by atoms with van der Waals surface area (Å²) in [7, 11) is 0. The van der Waals surface area contributed by atoms with E-state index in [0.717, 1.165) is 31.8 Å². The zero-order chi connectivity index (χ0) is 13.5. The number of nitrogens with zero attached hydrogens (tertiary/aromatic N) is 2. The van der Waals surface area contributed by atoms with E-state index in [0.29, 0.717) is 18.7 Å². The van der Waals surface area contributed by atoms with Crippen LogP contribution in [-0.2, 0) is 4.79 Å². The molecule has 0 saturated carbocycles. The molecule has 1 aliphatic heterocycles. The number of benzene rings is 1. The number of piperazine rings is 1. The molecular weight excluding hydrogens is 242 g/mol. The molecule has 0 bridgehead atoms. The second kappa shape index (κ2) is 6.76. The smallest absolute Gasteiger partial charge is 0.234 e. The van der Waals surface area contributed by atoms with Gasteiger partial charge < -0.3 is 10.1 Å². The molecule has 0 spiro atoms. The first-order valence-corrected chi connectivity index (χ1v) is 6.40. The summed E-state index contributed by atoms with van der Waals surface area (Å²) in [5.41, 5.74) is 0.602.